The summed E-state index contributed by atoms with van der Waals surface area (Å²) in [7, 11) is 0. The molecule has 11 heavy (non-hydrogen) atoms. The fourth-order valence-electron chi connectivity index (χ4n) is 0.688. The predicted octanol–water partition coefficient (Wildman–Crippen LogP) is 0.200. The molecule has 1 aromatic heterocycles. The molecule has 1 aromatic rings. The summed E-state index contributed by atoms with van der Waals surface area (Å²) < 4.78 is 0. The number of pyridine rings is 1. The quantitative estimate of drug-likeness (QED) is 0.636. The van der Waals surface area contributed by atoms with Crippen LogP contribution in [0.1, 0.15) is 11.7 Å². The van der Waals surface area contributed by atoms with Crippen LogP contribution in [0, 0.1) is 0 Å². The van der Waals surface area contributed by atoms with Crippen molar-refractivity contribution in [3.05, 3.63) is 30.1 Å². The Hall–Kier alpha value is -1.42. The SMILES string of the molecule is O=C(O)C(O)c1ccncc1. The van der Waals surface area contributed by atoms with E-state index >= 15 is 0 Å². The first-order valence-electron chi connectivity index (χ1n) is 3.02. The molecule has 0 aliphatic carbocycles. The maximum atomic E-state index is 10.2. The van der Waals surface area contributed by atoms with E-state index in [-0.39, 0.29) is 0 Å². The molecular weight excluding hydrogens is 146 g/mol. The van der Waals surface area contributed by atoms with E-state index in [4.69, 9.17) is 10.2 Å². The first kappa shape index (κ1) is 7.68. The highest BCUT2D eigenvalue weighted by Gasteiger charge is 2.14. The molecule has 0 bridgehead atoms. The third-order valence-electron chi connectivity index (χ3n) is 1.26. The van der Waals surface area contributed by atoms with E-state index in [1.165, 1.54) is 24.5 Å². The van der Waals surface area contributed by atoms with E-state index in [9.17, 15) is 4.79 Å². The van der Waals surface area contributed by atoms with Crippen molar-refractivity contribution in [1.29, 1.82) is 0 Å². The lowest BCUT2D eigenvalue weighted by Crippen LogP contribution is -2.09. The number of hydrogen-bond acceptors (Lipinski definition) is 3. The van der Waals surface area contributed by atoms with Gasteiger partial charge in [0.05, 0.1) is 0 Å². The van der Waals surface area contributed by atoms with E-state index in [1.807, 2.05) is 0 Å². The molecule has 0 aliphatic rings. The molecule has 0 amide bonds. The van der Waals surface area contributed by atoms with E-state index in [1.54, 1.807) is 0 Å². The van der Waals surface area contributed by atoms with Gasteiger partial charge in [-0.15, -0.1) is 0 Å². The maximum absolute atomic E-state index is 10.2. The van der Waals surface area contributed by atoms with Gasteiger partial charge in [0, 0.05) is 12.4 Å². The highest BCUT2D eigenvalue weighted by Crippen LogP contribution is 2.09. The number of rotatable bonds is 2. The molecule has 0 saturated carbocycles. The Bertz CT molecular complexity index is 247. The van der Waals surface area contributed by atoms with Gasteiger partial charge in [-0.25, -0.2) is 4.79 Å². The zero-order valence-electron chi connectivity index (χ0n) is 5.64. The summed E-state index contributed by atoms with van der Waals surface area (Å²) in [6.07, 6.45) is 1.42. The lowest BCUT2D eigenvalue weighted by Gasteiger charge is -2.02. The summed E-state index contributed by atoms with van der Waals surface area (Å²) in [6, 6.07) is 2.91. The fourth-order valence-corrected chi connectivity index (χ4v) is 0.688. The molecule has 2 N–H and O–H groups in total. The van der Waals surface area contributed by atoms with Crippen molar-refractivity contribution in [2.75, 3.05) is 0 Å². The number of carboxylic acid groups (broad SMARTS) is 1. The van der Waals surface area contributed by atoms with Gasteiger partial charge < -0.3 is 10.2 Å². The average Bonchev–Trinajstić information content (AvgIpc) is 2.05. The summed E-state index contributed by atoms with van der Waals surface area (Å²) in [4.78, 5) is 13.9. The largest absolute Gasteiger partial charge is 0.479 e. The van der Waals surface area contributed by atoms with Crippen LogP contribution in [0.25, 0.3) is 0 Å². The molecule has 0 aromatic carbocycles. The molecule has 1 unspecified atom stereocenters. The van der Waals surface area contributed by atoms with Gasteiger partial charge in [0.15, 0.2) is 6.10 Å². The van der Waals surface area contributed by atoms with Crippen molar-refractivity contribution in [1.82, 2.24) is 4.98 Å². The molecule has 4 heteroatoms. The van der Waals surface area contributed by atoms with Gasteiger partial charge >= 0.3 is 5.97 Å². The van der Waals surface area contributed by atoms with Gasteiger partial charge in [0.25, 0.3) is 0 Å². The number of carbonyl (C=O) groups is 1. The molecule has 0 spiro atoms. The van der Waals surface area contributed by atoms with Crippen LogP contribution in [0.3, 0.4) is 0 Å². The van der Waals surface area contributed by atoms with Gasteiger partial charge in [-0.3, -0.25) is 4.98 Å². The second-order valence-corrected chi connectivity index (χ2v) is 2.02. The number of nitrogens with zero attached hydrogens (tertiary/aromatic N) is 1. The van der Waals surface area contributed by atoms with Gasteiger partial charge in [-0.05, 0) is 17.7 Å². The number of carboxylic acids is 1. The Morgan fingerprint density at radius 3 is 2.45 bits per heavy atom. The minimum absolute atomic E-state index is 0.340. The van der Waals surface area contributed by atoms with E-state index in [2.05, 4.69) is 4.98 Å². The number of hydrogen-bond donors (Lipinski definition) is 2. The predicted molar refractivity (Wildman–Crippen MR) is 36.8 cm³/mol. The summed E-state index contributed by atoms with van der Waals surface area (Å²) in [5.74, 6) is -1.25. The highest BCUT2D eigenvalue weighted by atomic mass is 16.4. The highest BCUT2D eigenvalue weighted by molar-refractivity contribution is 5.73. The van der Waals surface area contributed by atoms with Crippen LogP contribution in [0.4, 0.5) is 0 Å². The van der Waals surface area contributed by atoms with Crippen molar-refractivity contribution in [3.8, 4) is 0 Å². The summed E-state index contributed by atoms with van der Waals surface area (Å²) in [5, 5.41) is 17.3. The minimum atomic E-state index is -1.45. The summed E-state index contributed by atoms with van der Waals surface area (Å²) >= 11 is 0. The average molecular weight is 153 g/mol. The molecule has 4 nitrogen and oxygen atoms in total. The van der Waals surface area contributed by atoms with Crippen LogP contribution >= 0.6 is 0 Å². The van der Waals surface area contributed by atoms with Gasteiger partial charge in [0.1, 0.15) is 0 Å². The van der Waals surface area contributed by atoms with Gasteiger partial charge in [0.2, 0.25) is 0 Å². The van der Waals surface area contributed by atoms with Crippen LogP contribution in [0.5, 0.6) is 0 Å². The topological polar surface area (TPSA) is 70.4 Å². The van der Waals surface area contributed by atoms with Crippen LogP contribution in [0.15, 0.2) is 24.5 Å². The third-order valence-corrected chi connectivity index (χ3v) is 1.26. The molecule has 1 heterocycles. The van der Waals surface area contributed by atoms with Crippen molar-refractivity contribution in [3.63, 3.8) is 0 Å². The molecule has 0 radical (unpaired) electrons. The molecular formula is C7H7NO3. The van der Waals surface area contributed by atoms with Crippen molar-refractivity contribution in [2.24, 2.45) is 0 Å². The molecule has 58 valence electrons. The molecule has 0 fully saturated rings. The van der Waals surface area contributed by atoms with E-state index < -0.39 is 12.1 Å². The van der Waals surface area contributed by atoms with Crippen molar-refractivity contribution in [2.45, 2.75) is 6.10 Å². The van der Waals surface area contributed by atoms with E-state index in [0.717, 1.165) is 0 Å². The molecule has 1 rings (SSSR count). The monoisotopic (exact) mass is 153 g/mol. The Balaban J connectivity index is 2.85. The van der Waals surface area contributed by atoms with Crippen LogP contribution in [-0.4, -0.2) is 21.2 Å². The Morgan fingerprint density at radius 2 is 2.00 bits per heavy atom. The van der Waals surface area contributed by atoms with Crippen LogP contribution in [0.2, 0.25) is 0 Å². The summed E-state index contributed by atoms with van der Waals surface area (Å²) in [5.41, 5.74) is 0.340. The number of aromatic nitrogens is 1. The van der Waals surface area contributed by atoms with Crippen LogP contribution < -0.4 is 0 Å². The lowest BCUT2D eigenvalue weighted by molar-refractivity contribution is -0.146. The van der Waals surface area contributed by atoms with Crippen molar-refractivity contribution < 1.29 is 15.0 Å². The molecule has 0 saturated heterocycles. The fraction of sp³-hybridized carbons (Fsp3) is 0.143. The smallest absolute Gasteiger partial charge is 0.337 e. The Kier molecular flexibility index (Phi) is 2.18. The molecule has 0 aliphatic heterocycles. The van der Waals surface area contributed by atoms with Crippen LogP contribution in [-0.2, 0) is 4.79 Å². The van der Waals surface area contributed by atoms with Gasteiger partial charge in [-0.2, -0.15) is 0 Å². The lowest BCUT2D eigenvalue weighted by atomic mass is 10.1. The number of aliphatic hydroxyl groups is 1. The zero-order chi connectivity index (χ0) is 8.27. The Labute approximate surface area is 63.1 Å². The zero-order valence-corrected chi connectivity index (χ0v) is 5.64. The Morgan fingerprint density at radius 1 is 1.45 bits per heavy atom. The maximum Gasteiger partial charge on any atom is 0.337 e. The van der Waals surface area contributed by atoms with Crippen molar-refractivity contribution >= 4 is 5.97 Å². The third kappa shape index (κ3) is 1.75. The summed E-state index contributed by atoms with van der Waals surface area (Å²) in [6.45, 7) is 0. The first-order valence-corrected chi connectivity index (χ1v) is 3.02. The normalized spacial score (nSPS) is 12.5. The second kappa shape index (κ2) is 3.12. The minimum Gasteiger partial charge on any atom is -0.479 e. The van der Waals surface area contributed by atoms with E-state index in [0.29, 0.717) is 5.56 Å². The second-order valence-electron chi connectivity index (χ2n) is 2.02. The van der Waals surface area contributed by atoms with Gasteiger partial charge in [-0.1, -0.05) is 0 Å². The number of aliphatic carboxylic acids is 1. The number of aliphatic hydroxyl groups excluding tert-OH is 1. The molecule has 1 atom stereocenters. The first-order chi connectivity index (χ1) is 5.22. The standard InChI is InChI=1S/C7H7NO3/c9-6(7(10)11)5-1-3-8-4-2-5/h1-4,6,9H,(H,10,11).